The Morgan fingerprint density at radius 3 is 2.76 bits per heavy atom. The number of benzene rings is 1. The number of aromatic carboxylic acids is 1. The Morgan fingerprint density at radius 1 is 1.53 bits per heavy atom. The number of carboxylic acid groups (broad SMARTS) is 1. The van der Waals surface area contributed by atoms with E-state index in [-0.39, 0.29) is 11.3 Å². The predicted molar refractivity (Wildman–Crippen MR) is 62.6 cm³/mol. The van der Waals surface area contributed by atoms with E-state index < -0.39 is 5.97 Å². The van der Waals surface area contributed by atoms with Crippen molar-refractivity contribution < 1.29 is 19.4 Å². The van der Waals surface area contributed by atoms with Crippen LogP contribution in [-0.2, 0) is 0 Å². The molecule has 2 rings (SSSR count). The number of methoxy groups -OCH3 is 1. The number of carboxylic acids is 1. The van der Waals surface area contributed by atoms with E-state index >= 15 is 0 Å². The van der Waals surface area contributed by atoms with Gasteiger partial charge in [0.15, 0.2) is 11.5 Å². The average Bonchev–Trinajstić information content (AvgIpc) is 3.09. The monoisotopic (exact) mass is 237 g/mol. The van der Waals surface area contributed by atoms with Gasteiger partial charge in [-0.2, -0.15) is 0 Å². The van der Waals surface area contributed by atoms with Crippen molar-refractivity contribution >= 4 is 11.7 Å². The summed E-state index contributed by atoms with van der Waals surface area (Å²) in [5.41, 5.74) is 6.11. The van der Waals surface area contributed by atoms with Crippen LogP contribution >= 0.6 is 0 Å². The molecule has 0 aromatic heterocycles. The smallest absolute Gasteiger partial charge is 0.335 e. The summed E-state index contributed by atoms with van der Waals surface area (Å²) < 4.78 is 10.7. The Balaban J connectivity index is 2.27. The highest BCUT2D eigenvalue weighted by Gasteiger charge is 2.23. The van der Waals surface area contributed by atoms with E-state index in [0.29, 0.717) is 24.0 Å². The molecule has 0 atom stereocenters. The molecule has 5 nitrogen and oxygen atoms in total. The van der Waals surface area contributed by atoms with Gasteiger partial charge in [-0.3, -0.25) is 0 Å². The highest BCUT2D eigenvalue weighted by Crippen LogP contribution is 2.37. The Hall–Kier alpha value is -1.91. The molecule has 0 saturated heterocycles. The zero-order valence-electron chi connectivity index (χ0n) is 9.60. The molecule has 92 valence electrons. The number of nitrogens with two attached hydrogens (primary N) is 1. The zero-order chi connectivity index (χ0) is 12.4. The van der Waals surface area contributed by atoms with Crippen LogP contribution in [-0.4, -0.2) is 24.8 Å². The van der Waals surface area contributed by atoms with Gasteiger partial charge in [-0.1, -0.05) is 0 Å². The number of carbonyl (C=O) groups is 1. The van der Waals surface area contributed by atoms with Crippen LogP contribution in [0, 0.1) is 5.92 Å². The van der Waals surface area contributed by atoms with E-state index in [1.807, 2.05) is 0 Å². The average molecular weight is 237 g/mol. The van der Waals surface area contributed by atoms with Gasteiger partial charge in [-0.25, -0.2) is 4.79 Å². The van der Waals surface area contributed by atoms with Crippen LogP contribution in [0.1, 0.15) is 23.2 Å². The molecule has 1 saturated carbocycles. The highest BCUT2D eigenvalue weighted by molar-refractivity contribution is 5.90. The minimum atomic E-state index is -1.03. The molecular formula is C12H15NO4. The standard InChI is InChI=1S/C12H15NO4/c1-16-11-9(13)4-8(12(14)15)5-10(11)17-6-7-2-3-7/h4-5,7H,2-3,6,13H2,1H3,(H,14,15). The number of hydrogen-bond donors (Lipinski definition) is 2. The van der Waals surface area contributed by atoms with E-state index in [1.165, 1.54) is 19.2 Å². The summed E-state index contributed by atoms with van der Waals surface area (Å²) in [5.74, 6) is 0.345. The Morgan fingerprint density at radius 2 is 2.24 bits per heavy atom. The first-order valence-electron chi connectivity index (χ1n) is 5.45. The molecule has 0 aliphatic heterocycles. The summed E-state index contributed by atoms with van der Waals surface area (Å²) in [5, 5.41) is 8.94. The molecule has 0 amide bonds. The lowest BCUT2D eigenvalue weighted by molar-refractivity contribution is 0.0696. The largest absolute Gasteiger partial charge is 0.491 e. The molecule has 0 unspecified atom stereocenters. The molecule has 1 aliphatic carbocycles. The van der Waals surface area contributed by atoms with Crippen LogP contribution in [0.25, 0.3) is 0 Å². The number of nitrogen functional groups attached to an aromatic ring is 1. The minimum absolute atomic E-state index is 0.106. The molecule has 3 N–H and O–H groups in total. The Bertz CT molecular complexity index is 440. The van der Waals surface area contributed by atoms with Crippen LogP contribution in [0.5, 0.6) is 11.5 Å². The van der Waals surface area contributed by atoms with Gasteiger partial charge in [0, 0.05) is 0 Å². The van der Waals surface area contributed by atoms with E-state index in [1.54, 1.807) is 0 Å². The van der Waals surface area contributed by atoms with Gasteiger partial charge >= 0.3 is 5.97 Å². The van der Waals surface area contributed by atoms with E-state index in [2.05, 4.69) is 0 Å². The maximum absolute atomic E-state index is 10.9. The SMILES string of the molecule is COc1c(N)cc(C(=O)O)cc1OCC1CC1. The number of ether oxygens (including phenoxy) is 2. The van der Waals surface area contributed by atoms with Crippen molar-refractivity contribution in [1.82, 2.24) is 0 Å². The quantitative estimate of drug-likeness (QED) is 0.762. The van der Waals surface area contributed by atoms with Crippen LogP contribution in [0.4, 0.5) is 5.69 Å². The third kappa shape index (κ3) is 2.61. The molecule has 5 heteroatoms. The summed E-state index contributed by atoms with van der Waals surface area (Å²) in [6.07, 6.45) is 2.33. The van der Waals surface area contributed by atoms with Gasteiger partial charge in [-0.15, -0.1) is 0 Å². The van der Waals surface area contributed by atoms with Crippen LogP contribution in [0.15, 0.2) is 12.1 Å². The fraction of sp³-hybridized carbons (Fsp3) is 0.417. The van der Waals surface area contributed by atoms with Crippen molar-refractivity contribution in [2.45, 2.75) is 12.8 Å². The minimum Gasteiger partial charge on any atom is -0.491 e. The van der Waals surface area contributed by atoms with Gasteiger partial charge in [0.2, 0.25) is 0 Å². The molecule has 0 heterocycles. The van der Waals surface area contributed by atoms with Gasteiger partial charge in [0.05, 0.1) is 25.0 Å². The van der Waals surface area contributed by atoms with Gasteiger partial charge < -0.3 is 20.3 Å². The molecule has 0 bridgehead atoms. The van der Waals surface area contributed by atoms with Crippen molar-refractivity contribution in [1.29, 1.82) is 0 Å². The predicted octanol–water partition coefficient (Wildman–Crippen LogP) is 1.76. The molecule has 1 fully saturated rings. The number of anilines is 1. The second-order valence-electron chi connectivity index (χ2n) is 4.16. The van der Waals surface area contributed by atoms with E-state index in [0.717, 1.165) is 12.8 Å². The van der Waals surface area contributed by atoms with Crippen molar-refractivity contribution in [3.8, 4) is 11.5 Å². The third-order valence-electron chi connectivity index (χ3n) is 2.71. The molecule has 0 radical (unpaired) electrons. The van der Waals surface area contributed by atoms with Gasteiger partial charge in [0.25, 0.3) is 0 Å². The van der Waals surface area contributed by atoms with Crippen molar-refractivity contribution in [3.05, 3.63) is 17.7 Å². The Labute approximate surface area is 99.1 Å². The normalized spacial score (nSPS) is 14.4. The lowest BCUT2D eigenvalue weighted by Crippen LogP contribution is -2.05. The first kappa shape index (κ1) is 11.6. The molecule has 0 spiro atoms. The third-order valence-corrected chi connectivity index (χ3v) is 2.71. The maximum Gasteiger partial charge on any atom is 0.335 e. The second kappa shape index (κ2) is 4.53. The maximum atomic E-state index is 10.9. The van der Waals surface area contributed by atoms with Gasteiger partial charge in [-0.05, 0) is 30.9 Å². The fourth-order valence-electron chi connectivity index (χ4n) is 1.57. The Kier molecular flexibility index (Phi) is 3.08. The van der Waals surface area contributed by atoms with Crippen molar-refractivity contribution in [2.24, 2.45) is 5.92 Å². The van der Waals surface area contributed by atoms with Gasteiger partial charge in [0.1, 0.15) is 0 Å². The lowest BCUT2D eigenvalue weighted by Gasteiger charge is -2.13. The summed E-state index contributed by atoms with van der Waals surface area (Å²) >= 11 is 0. The number of rotatable bonds is 5. The van der Waals surface area contributed by atoms with Crippen molar-refractivity contribution in [2.75, 3.05) is 19.5 Å². The molecule has 17 heavy (non-hydrogen) atoms. The summed E-state index contributed by atoms with van der Waals surface area (Å²) in [6.45, 7) is 0.582. The summed E-state index contributed by atoms with van der Waals surface area (Å²) in [4.78, 5) is 10.9. The second-order valence-corrected chi connectivity index (χ2v) is 4.16. The summed E-state index contributed by atoms with van der Waals surface area (Å²) in [7, 11) is 1.48. The van der Waals surface area contributed by atoms with Crippen molar-refractivity contribution in [3.63, 3.8) is 0 Å². The van der Waals surface area contributed by atoms with Crippen LogP contribution in [0.2, 0.25) is 0 Å². The summed E-state index contributed by atoms with van der Waals surface area (Å²) in [6, 6.07) is 2.81. The number of hydrogen-bond acceptors (Lipinski definition) is 4. The molecule has 1 aliphatic rings. The van der Waals surface area contributed by atoms with E-state index in [4.69, 9.17) is 20.3 Å². The highest BCUT2D eigenvalue weighted by atomic mass is 16.5. The first-order chi connectivity index (χ1) is 8.11. The van der Waals surface area contributed by atoms with Crippen LogP contribution < -0.4 is 15.2 Å². The molecule has 1 aromatic carbocycles. The topological polar surface area (TPSA) is 81.8 Å². The van der Waals surface area contributed by atoms with Crippen LogP contribution in [0.3, 0.4) is 0 Å². The first-order valence-corrected chi connectivity index (χ1v) is 5.45. The van der Waals surface area contributed by atoms with E-state index in [9.17, 15) is 4.79 Å². The fourth-order valence-corrected chi connectivity index (χ4v) is 1.57. The molecular weight excluding hydrogens is 222 g/mol. The lowest BCUT2D eigenvalue weighted by atomic mass is 10.1. The molecule has 1 aromatic rings. The zero-order valence-corrected chi connectivity index (χ0v) is 9.60.